The van der Waals surface area contributed by atoms with E-state index in [1.807, 2.05) is 145 Å². The molecule has 0 aliphatic heterocycles. The summed E-state index contributed by atoms with van der Waals surface area (Å²) in [5.74, 6) is 0. The average molecular weight is 596 g/mol. The minimum absolute atomic E-state index is 0. The van der Waals surface area contributed by atoms with E-state index in [1.165, 1.54) is 0 Å². The predicted octanol–water partition coefficient (Wildman–Crippen LogP) is 11.9. The zero-order valence-corrected chi connectivity index (χ0v) is 27.1. The first-order chi connectivity index (χ1) is 18.3. The maximum atomic E-state index is 6.20. The van der Waals surface area contributed by atoms with Crippen molar-refractivity contribution < 1.29 is 32.7 Å². The second kappa shape index (κ2) is 19.7. The molecule has 0 aromatic heterocycles. The summed E-state index contributed by atoms with van der Waals surface area (Å²) in [7, 11) is 0. The third-order valence-corrected chi connectivity index (χ3v) is 5.10. The first kappa shape index (κ1) is 35.7. The number of azo groups is 2. The summed E-state index contributed by atoms with van der Waals surface area (Å²) in [6.07, 6.45) is 0. The van der Waals surface area contributed by atoms with Crippen LogP contribution in [-0.2, 0) is 32.7 Å². The quantitative estimate of drug-likeness (QED) is 0.125. The third-order valence-electron chi connectivity index (χ3n) is 5.10. The van der Waals surface area contributed by atoms with Gasteiger partial charge in [0.25, 0.3) is 0 Å². The summed E-state index contributed by atoms with van der Waals surface area (Å²) >= 11 is 0. The molecule has 0 atom stereocenters. The van der Waals surface area contributed by atoms with Crippen LogP contribution in [0.1, 0.15) is 41.5 Å². The van der Waals surface area contributed by atoms with Gasteiger partial charge in [0.1, 0.15) is 5.69 Å². The number of nitrogen functional groups attached to an aromatic ring is 1. The van der Waals surface area contributed by atoms with Gasteiger partial charge in [-0.1, -0.05) is 114 Å². The number of nitrogens with zero attached hydrogens (tertiary/aromatic N) is 4. The van der Waals surface area contributed by atoms with Gasteiger partial charge in [-0.05, 0) is 35.7 Å². The molecule has 0 fully saturated rings. The van der Waals surface area contributed by atoms with E-state index in [0.29, 0.717) is 11.4 Å². The Morgan fingerprint density at radius 1 is 0.462 bits per heavy atom. The molecule has 6 heteroatoms. The summed E-state index contributed by atoms with van der Waals surface area (Å²) in [5.41, 5.74) is 9.81. The summed E-state index contributed by atoms with van der Waals surface area (Å²) in [5, 5.41) is 21.8. The number of fused-ring (bicyclic) bond motifs is 2. The Balaban J connectivity index is 0.00000169. The number of rotatable bonds is 4. The zero-order chi connectivity index (χ0) is 27.0. The third kappa shape index (κ3) is 9.45. The van der Waals surface area contributed by atoms with Gasteiger partial charge in [0.15, 0.2) is 0 Å². The number of anilines is 1. The fraction of sp³-hybridized carbons (Fsp3) is 0.182. The Hall–Kier alpha value is -3.28. The van der Waals surface area contributed by atoms with E-state index in [1.54, 1.807) is 0 Å². The average Bonchev–Trinajstić information content (AvgIpc) is 2.99. The molecule has 0 saturated heterocycles. The molecule has 5 nitrogen and oxygen atoms in total. The molecular weight excluding hydrogens is 555 g/mol. The largest absolute Gasteiger partial charge is 0.397 e. The van der Waals surface area contributed by atoms with Gasteiger partial charge < -0.3 is 13.2 Å². The molecule has 5 rings (SSSR count). The molecule has 1 radical (unpaired) electrons. The molecule has 0 aliphatic carbocycles. The Bertz CT molecular complexity index is 1450. The van der Waals surface area contributed by atoms with Crippen molar-refractivity contribution in [1.82, 2.24) is 0 Å². The van der Waals surface area contributed by atoms with E-state index in [0.717, 1.165) is 38.6 Å². The van der Waals surface area contributed by atoms with E-state index in [2.05, 4.69) is 20.5 Å². The van der Waals surface area contributed by atoms with Crippen LogP contribution < -0.4 is 5.73 Å². The van der Waals surface area contributed by atoms with Crippen molar-refractivity contribution in [2.24, 2.45) is 20.5 Å². The van der Waals surface area contributed by atoms with Gasteiger partial charge in [0, 0.05) is 48.9 Å². The minimum Gasteiger partial charge on any atom is -0.397 e. The second-order valence-corrected chi connectivity index (χ2v) is 7.11. The van der Waals surface area contributed by atoms with Crippen molar-refractivity contribution in [1.29, 1.82) is 0 Å². The van der Waals surface area contributed by atoms with Crippen LogP contribution in [0, 0.1) is 7.43 Å². The molecule has 0 bridgehead atoms. The van der Waals surface area contributed by atoms with Gasteiger partial charge in [-0.2, -0.15) is 5.11 Å². The fourth-order valence-corrected chi connectivity index (χ4v) is 3.54. The van der Waals surface area contributed by atoms with Crippen molar-refractivity contribution in [2.75, 3.05) is 5.73 Å². The smallest absolute Gasteiger partial charge is 0.116 e. The van der Waals surface area contributed by atoms with Gasteiger partial charge in [0.05, 0.1) is 22.7 Å². The molecule has 0 heterocycles. The van der Waals surface area contributed by atoms with E-state index in [-0.39, 0.29) is 40.1 Å². The first-order valence-electron chi connectivity index (χ1n) is 13.0. The minimum atomic E-state index is 0. The van der Waals surface area contributed by atoms with E-state index in [9.17, 15) is 0 Å². The summed E-state index contributed by atoms with van der Waals surface area (Å²) in [6, 6.07) is 33.3. The SMILES string of the molecule is CC.CC.CC.Nc1ccc2ccccc2c1N=Nc1ccc(N=Nc2ccccc2)c2ccccc12.[CH3-].[Y]. The number of hydrogen-bond donors (Lipinski definition) is 1. The molecular formula is C33H40N5Y-. The Morgan fingerprint density at radius 3 is 1.49 bits per heavy atom. The number of benzene rings is 5. The van der Waals surface area contributed by atoms with E-state index < -0.39 is 0 Å². The molecule has 0 aliphatic rings. The molecule has 0 saturated carbocycles. The molecule has 0 amide bonds. The predicted molar refractivity (Wildman–Crippen MR) is 168 cm³/mol. The van der Waals surface area contributed by atoms with Crippen LogP contribution in [0.5, 0.6) is 0 Å². The van der Waals surface area contributed by atoms with Crippen molar-refractivity contribution in [3.8, 4) is 0 Å². The number of hydrogen-bond acceptors (Lipinski definition) is 5. The monoisotopic (exact) mass is 595 g/mol. The maximum absolute atomic E-state index is 6.20. The molecule has 2 N–H and O–H groups in total. The van der Waals surface area contributed by atoms with Crippen LogP contribution in [0.2, 0.25) is 0 Å². The molecule has 0 spiro atoms. The second-order valence-electron chi connectivity index (χ2n) is 7.11. The van der Waals surface area contributed by atoms with Gasteiger partial charge >= 0.3 is 0 Å². The first-order valence-corrected chi connectivity index (χ1v) is 13.0. The molecule has 5 aromatic rings. The summed E-state index contributed by atoms with van der Waals surface area (Å²) < 4.78 is 0. The van der Waals surface area contributed by atoms with Gasteiger partial charge in [0.2, 0.25) is 0 Å². The normalized spacial score (nSPS) is 9.79. The van der Waals surface area contributed by atoms with Crippen LogP contribution in [0.15, 0.2) is 124 Å². The van der Waals surface area contributed by atoms with Crippen molar-refractivity contribution in [3.63, 3.8) is 0 Å². The fourth-order valence-electron chi connectivity index (χ4n) is 3.54. The van der Waals surface area contributed by atoms with Crippen molar-refractivity contribution >= 4 is 50.0 Å². The van der Waals surface area contributed by atoms with Crippen molar-refractivity contribution in [2.45, 2.75) is 41.5 Å². The van der Waals surface area contributed by atoms with Crippen LogP contribution in [0.4, 0.5) is 28.4 Å². The molecule has 201 valence electrons. The number of nitrogens with two attached hydrogens (primary N) is 1. The summed E-state index contributed by atoms with van der Waals surface area (Å²) in [6.45, 7) is 12.0. The van der Waals surface area contributed by atoms with Crippen molar-refractivity contribution in [3.05, 3.63) is 111 Å². The topological polar surface area (TPSA) is 75.5 Å². The van der Waals surface area contributed by atoms with Crippen LogP contribution in [0.25, 0.3) is 21.5 Å². The van der Waals surface area contributed by atoms with Gasteiger partial charge in [-0.25, -0.2) is 0 Å². The zero-order valence-electron chi connectivity index (χ0n) is 24.3. The molecule has 39 heavy (non-hydrogen) atoms. The van der Waals surface area contributed by atoms with E-state index >= 15 is 0 Å². The maximum Gasteiger partial charge on any atom is 0.116 e. The van der Waals surface area contributed by atoms with E-state index in [4.69, 9.17) is 5.73 Å². The standard InChI is InChI=1S/C26H19N5.3C2H6.CH3.Y/c27-23-15-14-18-8-4-5-11-20(18)26(23)31-30-25-17-16-24(21-12-6-7-13-22(21)25)29-28-19-9-2-1-3-10-19;3*1-2;;/h1-17H,27H2;3*1-2H3;1H3;/q;;;;-1;. The molecule has 5 aromatic carbocycles. The van der Waals surface area contributed by atoms with Crippen LogP contribution >= 0.6 is 0 Å². The van der Waals surface area contributed by atoms with Gasteiger partial charge in [-0.15, -0.1) is 15.3 Å². The Morgan fingerprint density at radius 2 is 0.923 bits per heavy atom. The summed E-state index contributed by atoms with van der Waals surface area (Å²) in [4.78, 5) is 0. The van der Waals surface area contributed by atoms with Crippen LogP contribution in [-0.4, -0.2) is 0 Å². The van der Waals surface area contributed by atoms with Gasteiger partial charge in [-0.3, -0.25) is 0 Å². The Kier molecular flexibility index (Phi) is 18.1. The Labute approximate surface area is 259 Å². The molecule has 0 unspecified atom stereocenters. The van der Waals surface area contributed by atoms with Crippen LogP contribution in [0.3, 0.4) is 0 Å².